The van der Waals surface area contributed by atoms with Crippen LogP contribution in [-0.2, 0) is 14.3 Å². The molecule has 1 amide bonds. The fourth-order valence-corrected chi connectivity index (χ4v) is 1.24. The molecule has 0 aromatic rings. The zero-order valence-corrected chi connectivity index (χ0v) is 9.70. The number of carbonyl (C=O) groups is 1. The lowest BCUT2D eigenvalue weighted by Gasteiger charge is -2.22. The molecule has 0 aliphatic carbocycles. The number of rotatable bonds is 9. The maximum absolute atomic E-state index is 11.6. The highest BCUT2D eigenvalue weighted by molar-refractivity contribution is 5.76. The van der Waals surface area contributed by atoms with Gasteiger partial charge in [0, 0.05) is 46.9 Å². The van der Waals surface area contributed by atoms with Gasteiger partial charge in [0.25, 0.3) is 0 Å². The van der Waals surface area contributed by atoms with Crippen molar-refractivity contribution in [3.05, 3.63) is 0 Å². The molecule has 15 heavy (non-hydrogen) atoms. The molecule has 0 heterocycles. The van der Waals surface area contributed by atoms with Crippen LogP contribution >= 0.6 is 0 Å². The molecule has 0 unspecified atom stereocenters. The van der Waals surface area contributed by atoms with Gasteiger partial charge < -0.3 is 20.1 Å². The minimum atomic E-state index is 0.0886. The number of methoxy groups -OCH3 is 2. The van der Waals surface area contributed by atoms with Crippen LogP contribution in [0.1, 0.15) is 12.8 Å². The molecule has 0 spiro atoms. The largest absolute Gasteiger partial charge is 0.385 e. The SMILES string of the molecule is COCCCN(CCOC)C(=O)CCN. The summed E-state index contributed by atoms with van der Waals surface area (Å²) in [7, 11) is 3.28. The van der Waals surface area contributed by atoms with Gasteiger partial charge in [0.05, 0.1) is 6.61 Å². The lowest BCUT2D eigenvalue weighted by Crippen LogP contribution is -2.36. The van der Waals surface area contributed by atoms with Gasteiger partial charge in [-0.3, -0.25) is 4.79 Å². The summed E-state index contributed by atoms with van der Waals surface area (Å²) in [6, 6.07) is 0. The number of carbonyl (C=O) groups excluding carboxylic acids is 1. The van der Waals surface area contributed by atoms with Crippen molar-refractivity contribution in [1.29, 1.82) is 0 Å². The van der Waals surface area contributed by atoms with Gasteiger partial charge in [0.15, 0.2) is 0 Å². The van der Waals surface area contributed by atoms with Crippen LogP contribution in [-0.4, -0.2) is 57.9 Å². The summed E-state index contributed by atoms with van der Waals surface area (Å²) in [5, 5.41) is 0. The van der Waals surface area contributed by atoms with Crippen molar-refractivity contribution in [3.63, 3.8) is 0 Å². The Balaban J connectivity index is 3.87. The Labute approximate surface area is 91.5 Å². The van der Waals surface area contributed by atoms with Crippen LogP contribution in [0.2, 0.25) is 0 Å². The summed E-state index contributed by atoms with van der Waals surface area (Å²) in [5.41, 5.74) is 5.35. The second kappa shape index (κ2) is 9.89. The van der Waals surface area contributed by atoms with Gasteiger partial charge in [-0.15, -0.1) is 0 Å². The molecule has 0 rings (SSSR count). The number of hydrogen-bond donors (Lipinski definition) is 1. The van der Waals surface area contributed by atoms with Crippen LogP contribution in [0.25, 0.3) is 0 Å². The van der Waals surface area contributed by atoms with Crippen molar-refractivity contribution in [2.75, 3.05) is 47.1 Å². The van der Waals surface area contributed by atoms with E-state index in [2.05, 4.69) is 0 Å². The van der Waals surface area contributed by atoms with E-state index >= 15 is 0 Å². The molecule has 0 bridgehead atoms. The second-order valence-corrected chi connectivity index (χ2v) is 3.26. The smallest absolute Gasteiger partial charge is 0.223 e. The molecule has 0 saturated carbocycles. The van der Waals surface area contributed by atoms with E-state index in [4.69, 9.17) is 15.2 Å². The standard InChI is InChI=1S/C10H22N2O3/c1-14-8-3-6-12(7-9-15-2)10(13)4-5-11/h3-9,11H2,1-2H3. The lowest BCUT2D eigenvalue weighted by atomic mass is 10.3. The molecule has 5 nitrogen and oxygen atoms in total. The zero-order valence-electron chi connectivity index (χ0n) is 9.70. The van der Waals surface area contributed by atoms with Crippen molar-refractivity contribution < 1.29 is 14.3 Å². The normalized spacial score (nSPS) is 10.3. The van der Waals surface area contributed by atoms with E-state index in [1.54, 1.807) is 19.1 Å². The third-order valence-corrected chi connectivity index (χ3v) is 2.05. The number of nitrogens with zero attached hydrogens (tertiary/aromatic N) is 1. The van der Waals surface area contributed by atoms with Gasteiger partial charge in [-0.05, 0) is 6.42 Å². The van der Waals surface area contributed by atoms with Crippen LogP contribution in [0.15, 0.2) is 0 Å². The summed E-state index contributed by atoms with van der Waals surface area (Å²) in [6.07, 6.45) is 1.24. The van der Waals surface area contributed by atoms with Crippen molar-refractivity contribution >= 4 is 5.91 Å². The minimum Gasteiger partial charge on any atom is -0.385 e. The summed E-state index contributed by atoms with van der Waals surface area (Å²) >= 11 is 0. The number of nitrogens with two attached hydrogens (primary N) is 1. The quantitative estimate of drug-likeness (QED) is 0.546. The van der Waals surface area contributed by atoms with E-state index in [-0.39, 0.29) is 5.91 Å². The first-order valence-electron chi connectivity index (χ1n) is 5.22. The first kappa shape index (κ1) is 14.3. The van der Waals surface area contributed by atoms with Crippen LogP contribution in [0.5, 0.6) is 0 Å². The Morgan fingerprint density at radius 1 is 1.20 bits per heavy atom. The fourth-order valence-electron chi connectivity index (χ4n) is 1.24. The van der Waals surface area contributed by atoms with Gasteiger partial charge in [0.2, 0.25) is 5.91 Å². The highest BCUT2D eigenvalue weighted by Gasteiger charge is 2.11. The van der Waals surface area contributed by atoms with Gasteiger partial charge in [-0.2, -0.15) is 0 Å². The van der Waals surface area contributed by atoms with Gasteiger partial charge >= 0.3 is 0 Å². The van der Waals surface area contributed by atoms with Crippen LogP contribution in [0.3, 0.4) is 0 Å². The first-order valence-corrected chi connectivity index (χ1v) is 5.22. The number of ether oxygens (including phenoxy) is 2. The van der Waals surface area contributed by atoms with Crippen LogP contribution in [0, 0.1) is 0 Å². The monoisotopic (exact) mass is 218 g/mol. The molecular weight excluding hydrogens is 196 g/mol. The van der Waals surface area contributed by atoms with E-state index in [0.717, 1.165) is 6.42 Å². The molecule has 5 heteroatoms. The highest BCUT2D eigenvalue weighted by atomic mass is 16.5. The predicted octanol–water partition coefficient (Wildman–Crippen LogP) is -0.153. The van der Waals surface area contributed by atoms with E-state index < -0.39 is 0 Å². The summed E-state index contributed by atoms with van der Waals surface area (Å²) in [5.74, 6) is 0.0886. The van der Waals surface area contributed by atoms with E-state index in [1.165, 1.54) is 0 Å². The van der Waals surface area contributed by atoms with E-state index in [9.17, 15) is 4.79 Å². The molecule has 2 N–H and O–H groups in total. The molecule has 0 aromatic heterocycles. The maximum atomic E-state index is 11.6. The number of amides is 1. The molecule has 0 aliphatic rings. The van der Waals surface area contributed by atoms with Gasteiger partial charge in [-0.25, -0.2) is 0 Å². The Bertz CT molecular complexity index is 165. The fraction of sp³-hybridized carbons (Fsp3) is 0.900. The molecule has 0 atom stereocenters. The molecule has 0 aromatic carbocycles. The minimum absolute atomic E-state index is 0.0886. The first-order chi connectivity index (χ1) is 7.26. The Kier molecular flexibility index (Phi) is 9.46. The highest BCUT2D eigenvalue weighted by Crippen LogP contribution is 1.96. The van der Waals surface area contributed by atoms with Crippen LogP contribution in [0.4, 0.5) is 0 Å². The maximum Gasteiger partial charge on any atom is 0.223 e. The van der Waals surface area contributed by atoms with Crippen molar-refractivity contribution in [2.24, 2.45) is 5.73 Å². The summed E-state index contributed by atoms with van der Waals surface area (Å²) < 4.78 is 9.89. The average molecular weight is 218 g/mol. The van der Waals surface area contributed by atoms with Crippen molar-refractivity contribution in [1.82, 2.24) is 4.90 Å². The molecule has 90 valence electrons. The Morgan fingerprint density at radius 3 is 2.40 bits per heavy atom. The molecule has 0 fully saturated rings. The van der Waals surface area contributed by atoms with Crippen LogP contribution < -0.4 is 5.73 Å². The van der Waals surface area contributed by atoms with E-state index in [1.807, 2.05) is 0 Å². The van der Waals surface area contributed by atoms with Gasteiger partial charge in [0.1, 0.15) is 0 Å². The van der Waals surface area contributed by atoms with Gasteiger partial charge in [-0.1, -0.05) is 0 Å². The van der Waals surface area contributed by atoms with E-state index in [0.29, 0.717) is 39.3 Å². The third kappa shape index (κ3) is 7.30. The second-order valence-electron chi connectivity index (χ2n) is 3.26. The summed E-state index contributed by atoms with van der Waals surface area (Å²) in [4.78, 5) is 13.4. The van der Waals surface area contributed by atoms with Crippen molar-refractivity contribution in [3.8, 4) is 0 Å². The Morgan fingerprint density at radius 2 is 1.87 bits per heavy atom. The topological polar surface area (TPSA) is 64.8 Å². The third-order valence-electron chi connectivity index (χ3n) is 2.05. The Hall–Kier alpha value is -0.650. The zero-order chi connectivity index (χ0) is 11.5. The number of hydrogen-bond acceptors (Lipinski definition) is 4. The van der Waals surface area contributed by atoms with Crippen molar-refractivity contribution in [2.45, 2.75) is 12.8 Å². The lowest BCUT2D eigenvalue weighted by molar-refractivity contribution is -0.131. The molecule has 0 saturated heterocycles. The molecule has 0 aliphatic heterocycles. The molecular formula is C10H22N2O3. The summed E-state index contributed by atoms with van der Waals surface area (Å²) in [6.45, 7) is 2.95. The average Bonchev–Trinajstić information content (AvgIpc) is 2.23. The molecule has 0 radical (unpaired) electrons. The predicted molar refractivity (Wildman–Crippen MR) is 58.6 cm³/mol.